The number of aryl methyl sites for hydroxylation is 1. The summed E-state index contributed by atoms with van der Waals surface area (Å²) in [6, 6.07) is 0. The van der Waals surface area contributed by atoms with E-state index in [0.717, 1.165) is 6.54 Å². The highest BCUT2D eigenvalue weighted by Gasteiger charge is 2.31. The summed E-state index contributed by atoms with van der Waals surface area (Å²) in [7, 11) is 0. The third-order valence-electron chi connectivity index (χ3n) is 4.03. The Kier molecular flexibility index (Phi) is 4.91. The number of hydrogen-bond donors (Lipinski definition) is 1. The number of aromatic nitrogens is 2. The first-order valence-corrected chi connectivity index (χ1v) is 8.28. The van der Waals surface area contributed by atoms with Gasteiger partial charge < -0.3 is 9.88 Å². The van der Waals surface area contributed by atoms with E-state index in [1.54, 1.807) is 17.0 Å². The maximum absolute atomic E-state index is 12.1. The van der Waals surface area contributed by atoms with E-state index >= 15 is 0 Å². The molecule has 0 radical (unpaired) electrons. The van der Waals surface area contributed by atoms with Gasteiger partial charge in [-0.05, 0) is 26.0 Å². The molecular weight excluding hydrogens is 258 g/mol. The molecule has 0 bridgehead atoms. The highest BCUT2D eigenvalue weighted by molar-refractivity contribution is 8.00. The van der Waals surface area contributed by atoms with Gasteiger partial charge in [-0.3, -0.25) is 4.79 Å². The van der Waals surface area contributed by atoms with Gasteiger partial charge >= 0.3 is 0 Å². The van der Waals surface area contributed by atoms with E-state index in [4.69, 9.17) is 0 Å². The molecule has 19 heavy (non-hydrogen) atoms. The highest BCUT2D eigenvalue weighted by Crippen LogP contribution is 2.38. The summed E-state index contributed by atoms with van der Waals surface area (Å²) in [5.74, 6) is 0.489. The fourth-order valence-electron chi connectivity index (χ4n) is 2.71. The first-order valence-electron chi connectivity index (χ1n) is 7.05. The number of nitrogens with zero attached hydrogens (tertiary/aromatic N) is 2. The molecule has 5 heteroatoms. The highest BCUT2D eigenvalue weighted by atomic mass is 32.2. The lowest BCUT2D eigenvalue weighted by Crippen LogP contribution is -2.37. The first-order chi connectivity index (χ1) is 9.21. The quantitative estimate of drug-likeness (QED) is 0.901. The molecule has 1 saturated carbocycles. The monoisotopic (exact) mass is 281 g/mol. The Morgan fingerprint density at radius 3 is 2.79 bits per heavy atom. The van der Waals surface area contributed by atoms with Crippen LogP contribution in [0.25, 0.3) is 0 Å². The van der Waals surface area contributed by atoms with E-state index in [1.165, 1.54) is 32.1 Å². The van der Waals surface area contributed by atoms with Gasteiger partial charge in [-0.15, -0.1) is 0 Å². The van der Waals surface area contributed by atoms with Crippen molar-refractivity contribution in [2.75, 3.05) is 18.1 Å². The normalized spacial score (nSPS) is 18.2. The maximum Gasteiger partial charge on any atom is 0.293 e. The Balaban J connectivity index is 2.07. The van der Waals surface area contributed by atoms with Crippen LogP contribution in [0.1, 0.15) is 39.0 Å². The third-order valence-corrected chi connectivity index (χ3v) is 5.45. The van der Waals surface area contributed by atoms with Crippen LogP contribution in [0.2, 0.25) is 0 Å². The summed E-state index contributed by atoms with van der Waals surface area (Å²) >= 11 is 1.93. The van der Waals surface area contributed by atoms with Gasteiger partial charge in [0.2, 0.25) is 0 Å². The molecule has 1 N–H and O–H groups in total. The zero-order valence-electron chi connectivity index (χ0n) is 11.8. The van der Waals surface area contributed by atoms with Crippen LogP contribution in [0.5, 0.6) is 0 Å². The molecule has 1 aliphatic carbocycles. The van der Waals surface area contributed by atoms with E-state index in [-0.39, 0.29) is 10.3 Å². The van der Waals surface area contributed by atoms with Gasteiger partial charge in [-0.1, -0.05) is 19.3 Å². The van der Waals surface area contributed by atoms with E-state index in [0.29, 0.717) is 12.4 Å². The average molecular weight is 281 g/mol. The van der Waals surface area contributed by atoms with Crippen LogP contribution >= 0.6 is 11.8 Å². The van der Waals surface area contributed by atoms with Gasteiger partial charge in [0, 0.05) is 30.2 Å². The fourth-order valence-corrected chi connectivity index (χ4v) is 3.62. The van der Waals surface area contributed by atoms with Crippen LogP contribution in [0.4, 0.5) is 5.82 Å². The standard InChI is InChI=1S/C14H23N3OS/c1-3-17-10-9-15-12(13(17)18)16-11-14(19-2)7-5-4-6-8-14/h9-10H,3-8,11H2,1-2H3,(H,15,16). The molecule has 1 aromatic heterocycles. The number of rotatable bonds is 5. The summed E-state index contributed by atoms with van der Waals surface area (Å²) < 4.78 is 1.96. The van der Waals surface area contributed by atoms with E-state index < -0.39 is 0 Å². The smallest absolute Gasteiger partial charge is 0.293 e. The van der Waals surface area contributed by atoms with E-state index in [2.05, 4.69) is 16.6 Å². The minimum atomic E-state index is -0.0166. The minimum absolute atomic E-state index is 0.0166. The largest absolute Gasteiger partial charge is 0.364 e. The predicted molar refractivity (Wildman–Crippen MR) is 82.0 cm³/mol. The Morgan fingerprint density at radius 1 is 1.42 bits per heavy atom. The summed E-state index contributed by atoms with van der Waals surface area (Å²) in [5, 5.41) is 3.28. The van der Waals surface area contributed by atoms with Crippen LogP contribution in [0, 0.1) is 0 Å². The lowest BCUT2D eigenvalue weighted by atomic mass is 9.88. The number of hydrogen-bond acceptors (Lipinski definition) is 4. The van der Waals surface area contributed by atoms with Crippen LogP contribution in [-0.2, 0) is 6.54 Å². The van der Waals surface area contributed by atoms with Crippen LogP contribution in [-0.4, -0.2) is 27.1 Å². The zero-order chi connectivity index (χ0) is 13.7. The summed E-state index contributed by atoms with van der Waals surface area (Å²) in [6.07, 6.45) is 12.0. The zero-order valence-corrected chi connectivity index (χ0v) is 12.6. The Bertz CT molecular complexity index is 466. The Morgan fingerprint density at radius 2 is 2.16 bits per heavy atom. The lowest BCUT2D eigenvalue weighted by molar-refractivity contribution is 0.411. The Hall–Kier alpha value is -0.970. The molecule has 1 fully saturated rings. The summed E-state index contributed by atoms with van der Waals surface area (Å²) in [6.45, 7) is 3.49. The molecule has 0 aromatic carbocycles. The molecule has 0 saturated heterocycles. The first kappa shape index (κ1) is 14.4. The maximum atomic E-state index is 12.1. The van der Waals surface area contributed by atoms with Gasteiger partial charge in [-0.25, -0.2) is 4.98 Å². The molecule has 2 rings (SSSR count). The second-order valence-corrected chi connectivity index (χ2v) is 6.44. The van der Waals surface area contributed by atoms with Crippen LogP contribution < -0.4 is 10.9 Å². The molecule has 0 atom stereocenters. The van der Waals surface area contributed by atoms with Gasteiger partial charge in [0.15, 0.2) is 5.82 Å². The van der Waals surface area contributed by atoms with Crippen molar-refractivity contribution in [2.45, 2.75) is 50.3 Å². The number of anilines is 1. The lowest BCUT2D eigenvalue weighted by Gasteiger charge is -2.35. The molecule has 4 nitrogen and oxygen atoms in total. The van der Waals surface area contributed by atoms with Crippen molar-refractivity contribution in [3.05, 3.63) is 22.7 Å². The molecule has 0 aliphatic heterocycles. The fraction of sp³-hybridized carbons (Fsp3) is 0.714. The minimum Gasteiger partial charge on any atom is -0.364 e. The second kappa shape index (κ2) is 6.46. The van der Waals surface area contributed by atoms with Gasteiger partial charge in [-0.2, -0.15) is 11.8 Å². The summed E-state index contributed by atoms with van der Waals surface area (Å²) in [4.78, 5) is 16.3. The van der Waals surface area contributed by atoms with Crippen molar-refractivity contribution >= 4 is 17.6 Å². The van der Waals surface area contributed by atoms with Crippen molar-refractivity contribution in [3.63, 3.8) is 0 Å². The molecule has 0 amide bonds. The molecule has 1 aliphatic rings. The van der Waals surface area contributed by atoms with Gasteiger partial charge in [0.1, 0.15) is 0 Å². The molecular formula is C14H23N3OS. The van der Waals surface area contributed by atoms with Crippen LogP contribution in [0.3, 0.4) is 0 Å². The van der Waals surface area contributed by atoms with Crippen molar-refractivity contribution in [2.24, 2.45) is 0 Å². The second-order valence-electron chi connectivity index (χ2n) is 5.17. The molecule has 0 spiro atoms. The van der Waals surface area contributed by atoms with Gasteiger partial charge in [0.25, 0.3) is 5.56 Å². The number of nitrogens with one attached hydrogen (secondary N) is 1. The molecule has 0 unspecified atom stereocenters. The number of thioether (sulfide) groups is 1. The molecule has 106 valence electrons. The topological polar surface area (TPSA) is 46.9 Å². The van der Waals surface area contributed by atoms with E-state index in [9.17, 15) is 4.79 Å². The molecule has 1 aromatic rings. The van der Waals surface area contributed by atoms with E-state index in [1.807, 2.05) is 18.7 Å². The SMILES string of the molecule is CCn1ccnc(NCC2(SC)CCCCC2)c1=O. The van der Waals surface area contributed by atoms with Gasteiger partial charge in [0.05, 0.1) is 0 Å². The Labute approximate surface area is 119 Å². The predicted octanol–water partition coefficient (Wildman–Crippen LogP) is 2.74. The third kappa shape index (κ3) is 3.32. The summed E-state index contributed by atoms with van der Waals surface area (Å²) in [5.41, 5.74) is -0.0166. The van der Waals surface area contributed by atoms with Crippen molar-refractivity contribution in [1.82, 2.24) is 9.55 Å². The van der Waals surface area contributed by atoms with Crippen molar-refractivity contribution in [1.29, 1.82) is 0 Å². The van der Waals surface area contributed by atoms with Crippen molar-refractivity contribution < 1.29 is 0 Å². The van der Waals surface area contributed by atoms with Crippen molar-refractivity contribution in [3.8, 4) is 0 Å². The molecule has 1 heterocycles. The average Bonchev–Trinajstić information content (AvgIpc) is 2.47. The van der Waals surface area contributed by atoms with Crippen LogP contribution in [0.15, 0.2) is 17.2 Å².